The van der Waals surface area contributed by atoms with E-state index < -0.39 is 0 Å². The molecule has 2 N–H and O–H groups in total. The number of ether oxygens (including phenoxy) is 1. The maximum Gasteiger partial charge on any atom is 0.289 e. The smallest absolute Gasteiger partial charge is 0.289 e. The van der Waals surface area contributed by atoms with Crippen LogP contribution in [0.15, 0.2) is 48.5 Å². The number of aromatic nitrogens is 2. The van der Waals surface area contributed by atoms with Crippen molar-refractivity contribution in [2.24, 2.45) is 0 Å². The first-order valence-corrected chi connectivity index (χ1v) is 10.3. The number of piperazine rings is 1. The molecule has 30 heavy (non-hydrogen) atoms. The Morgan fingerprint density at radius 2 is 1.80 bits per heavy atom. The van der Waals surface area contributed by atoms with Gasteiger partial charge >= 0.3 is 0 Å². The van der Waals surface area contributed by atoms with Crippen molar-refractivity contribution in [1.82, 2.24) is 25.5 Å². The lowest BCUT2D eigenvalue weighted by Gasteiger charge is -2.27. The number of hydrogen-bond acceptors (Lipinski definition) is 5. The second kappa shape index (κ2) is 9.06. The molecule has 0 spiro atoms. The summed E-state index contributed by atoms with van der Waals surface area (Å²) in [6.07, 6.45) is 0. The molecule has 0 saturated carbocycles. The average molecular weight is 446 g/mol. The molecule has 9 heteroatoms. The van der Waals surface area contributed by atoms with Gasteiger partial charge in [0.25, 0.3) is 5.91 Å². The SMILES string of the molecule is COc1c(C(=O)NN2CCNCC2)nn(-c2ccccc2Cl)c1-c1ccc(Cl)cc1. The van der Waals surface area contributed by atoms with Gasteiger partial charge < -0.3 is 10.1 Å². The number of methoxy groups -OCH3 is 1. The van der Waals surface area contributed by atoms with E-state index in [1.54, 1.807) is 22.9 Å². The Morgan fingerprint density at radius 1 is 1.10 bits per heavy atom. The van der Waals surface area contributed by atoms with Crippen LogP contribution in [0.1, 0.15) is 10.5 Å². The van der Waals surface area contributed by atoms with Crippen molar-refractivity contribution in [3.05, 3.63) is 64.3 Å². The van der Waals surface area contributed by atoms with Crippen molar-refractivity contribution in [3.63, 3.8) is 0 Å². The third-order valence-electron chi connectivity index (χ3n) is 4.84. The molecule has 4 rings (SSSR count). The minimum Gasteiger partial charge on any atom is -0.492 e. The summed E-state index contributed by atoms with van der Waals surface area (Å²) in [5, 5.41) is 10.8. The van der Waals surface area contributed by atoms with Crippen LogP contribution in [-0.2, 0) is 0 Å². The van der Waals surface area contributed by atoms with E-state index in [-0.39, 0.29) is 11.6 Å². The van der Waals surface area contributed by atoms with E-state index in [4.69, 9.17) is 27.9 Å². The van der Waals surface area contributed by atoms with E-state index in [0.717, 1.165) is 18.7 Å². The second-order valence-corrected chi connectivity index (χ2v) is 7.62. The lowest BCUT2D eigenvalue weighted by molar-refractivity contribution is 0.0756. The highest BCUT2D eigenvalue weighted by Gasteiger charge is 2.28. The van der Waals surface area contributed by atoms with Crippen LogP contribution in [0.4, 0.5) is 0 Å². The van der Waals surface area contributed by atoms with Gasteiger partial charge in [-0.2, -0.15) is 5.10 Å². The molecule has 2 aromatic carbocycles. The van der Waals surface area contributed by atoms with E-state index >= 15 is 0 Å². The van der Waals surface area contributed by atoms with Gasteiger partial charge in [0.2, 0.25) is 0 Å². The topological polar surface area (TPSA) is 71.4 Å². The zero-order valence-electron chi connectivity index (χ0n) is 16.4. The van der Waals surface area contributed by atoms with Gasteiger partial charge in [-0.25, -0.2) is 9.69 Å². The number of nitrogens with zero attached hydrogens (tertiary/aromatic N) is 3. The van der Waals surface area contributed by atoms with Crippen LogP contribution in [0, 0.1) is 0 Å². The van der Waals surface area contributed by atoms with Crippen molar-refractivity contribution in [2.75, 3.05) is 33.3 Å². The van der Waals surface area contributed by atoms with Gasteiger partial charge in [0.1, 0.15) is 5.69 Å². The van der Waals surface area contributed by atoms with Crippen molar-refractivity contribution in [1.29, 1.82) is 0 Å². The molecule has 1 fully saturated rings. The molecule has 2 heterocycles. The summed E-state index contributed by atoms with van der Waals surface area (Å²) in [5.41, 5.74) is 5.16. The molecule has 0 aliphatic carbocycles. The Balaban J connectivity index is 1.83. The molecule has 7 nitrogen and oxygen atoms in total. The van der Waals surface area contributed by atoms with E-state index in [9.17, 15) is 4.79 Å². The number of hydrogen-bond donors (Lipinski definition) is 2. The minimum atomic E-state index is -0.338. The molecule has 0 unspecified atom stereocenters. The Morgan fingerprint density at radius 3 is 2.47 bits per heavy atom. The van der Waals surface area contributed by atoms with Crippen molar-refractivity contribution in [2.45, 2.75) is 0 Å². The second-order valence-electron chi connectivity index (χ2n) is 6.78. The monoisotopic (exact) mass is 445 g/mol. The minimum absolute atomic E-state index is 0.181. The first kappa shape index (κ1) is 20.7. The van der Waals surface area contributed by atoms with Gasteiger partial charge in [-0.3, -0.25) is 10.2 Å². The van der Waals surface area contributed by atoms with Crippen LogP contribution in [0.25, 0.3) is 16.9 Å². The molecule has 1 aliphatic heterocycles. The van der Waals surface area contributed by atoms with Crippen LogP contribution >= 0.6 is 23.2 Å². The first-order valence-electron chi connectivity index (χ1n) is 9.53. The zero-order chi connectivity index (χ0) is 21.1. The number of benzene rings is 2. The van der Waals surface area contributed by atoms with Gasteiger partial charge in [0.15, 0.2) is 11.4 Å². The molecule has 0 atom stereocenters. The van der Waals surface area contributed by atoms with Crippen LogP contribution in [0.3, 0.4) is 0 Å². The molecular formula is C21H21Cl2N5O2. The summed E-state index contributed by atoms with van der Waals surface area (Å²) >= 11 is 12.5. The summed E-state index contributed by atoms with van der Waals surface area (Å²) in [6.45, 7) is 3.04. The van der Waals surface area contributed by atoms with Gasteiger partial charge in [0.05, 0.1) is 17.8 Å². The lowest BCUT2D eigenvalue weighted by atomic mass is 10.1. The number of halogens is 2. The number of nitrogens with one attached hydrogen (secondary N) is 2. The van der Waals surface area contributed by atoms with Crippen molar-refractivity contribution in [3.8, 4) is 22.7 Å². The predicted molar refractivity (Wildman–Crippen MR) is 117 cm³/mol. The molecule has 1 amide bonds. The molecule has 3 aromatic rings. The van der Waals surface area contributed by atoms with Crippen LogP contribution < -0.4 is 15.5 Å². The zero-order valence-corrected chi connectivity index (χ0v) is 17.9. The summed E-state index contributed by atoms with van der Waals surface area (Å²) in [6, 6.07) is 14.6. The molecule has 1 saturated heterocycles. The molecule has 1 aliphatic rings. The van der Waals surface area contributed by atoms with E-state index in [1.807, 2.05) is 35.3 Å². The largest absolute Gasteiger partial charge is 0.492 e. The highest BCUT2D eigenvalue weighted by Crippen LogP contribution is 2.37. The fourth-order valence-electron chi connectivity index (χ4n) is 3.38. The maximum atomic E-state index is 13.1. The number of rotatable bonds is 5. The summed E-state index contributed by atoms with van der Waals surface area (Å²) in [4.78, 5) is 13.1. The van der Waals surface area contributed by atoms with Gasteiger partial charge in [-0.15, -0.1) is 0 Å². The van der Waals surface area contributed by atoms with Crippen LogP contribution in [0.5, 0.6) is 5.75 Å². The van der Waals surface area contributed by atoms with Gasteiger partial charge in [0, 0.05) is 36.8 Å². The normalized spacial score (nSPS) is 14.5. The summed E-state index contributed by atoms with van der Waals surface area (Å²) < 4.78 is 7.30. The van der Waals surface area contributed by atoms with Crippen LogP contribution in [-0.4, -0.2) is 54.0 Å². The van der Waals surface area contributed by atoms with Crippen molar-refractivity contribution < 1.29 is 9.53 Å². The van der Waals surface area contributed by atoms with Gasteiger partial charge in [-0.1, -0.05) is 47.5 Å². The Hall–Kier alpha value is -2.58. The fraction of sp³-hybridized carbons (Fsp3) is 0.238. The lowest BCUT2D eigenvalue weighted by Crippen LogP contribution is -2.52. The Labute approximate surface area is 184 Å². The Kier molecular flexibility index (Phi) is 6.24. The third-order valence-corrected chi connectivity index (χ3v) is 5.41. The molecule has 156 valence electrons. The van der Waals surface area contributed by atoms with Crippen LogP contribution in [0.2, 0.25) is 10.0 Å². The Bertz CT molecular complexity index is 1050. The number of hydrazine groups is 1. The van der Waals surface area contributed by atoms with E-state index in [2.05, 4.69) is 15.8 Å². The number of carbonyl (C=O) groups is 1. The molecule has 1 aromatic heterocycles. The third kappa shape index (κ3) is 4.15. The maximum absolute atomic E-state index is 13.1. The fourth-order valence-corrected chi connectivity index (χ4v) is 3.72. The summed E-state index contributed by atoms with van der Waals surface area (Å²) in [7, 11) is 1.52. The highest BCUT2D eigenvalue weighted by molar-refractivity contribution is 6.32. The molecule has 0 bridgehead atoms. The number of para-hydroxylation sites is 1. The number of carbonyl (C=O) groups excluding carboxylic acids is 1. The standard InChI is InChI=1S/C21H21Cl2N5O2/c1-30-20-18(21(29)26-27-12-10-24-11-13-27)25-28(17-5-3-2-4-16(17)23)19(20)14-6-8-15(22)9-7-14/h2-9,24H,10-13H2,1H3,(H,26,29). The number of amides is 1. The quantitative estimate of drug-likeness (QED) is 0.629. The van der Waals surface area contributed by atoms with E-state index in [0.29, 0.717) is 40.3 Å². The molecular weight excluding hydrogens is 425 g/mol. The summed E-state index contributed by atoms with van der Waals surface area (Å²) in [5.74, 6) is 0.0274. The highest BCUT2D eigenvalue weighted by atomic mass is 35.5. The van der Waals surface area contributed by atoms with E-state index in [1.165, 1.54) is 7.11 Å². The molecule has 0 radical (unpaired) electrons. The average Bonchev–Trinajstić information content (AvgIpc) is 3.15. The predicted octanol–water partition coefficient (Wildman–Crippen LogP) is 3.40. The first-order chi connectivity index (χ1) is 14.6. The van der Waals surface area contributed by atoms with Gasteiger partial charge in [-0.05, 0) is 24.3 Å². The van der Waals surface area contributed by atoms with Crippen molar-refractivity contribution >= 4 is 29.1 Å².